The molecule has 0 radical (unpaired) electrons. The number of hydrogen-bond donors (Lipinski definition) is 1. The van der Waals surface area contributed by atoms with E-state index in [4.69, 9.17) is 0 Å². The molecule has 0 aromatic heterocycles. The normalized spacial score (nSPS) is 33.5. The van der Waals surface area contributed by atoms with Gasteiger partial charge in [0.2, 0.25) is 11.8 Å². The third-order valence-electron chi connectivity index (χ3n) is 4.72. The van der Waals surface area contributed by atoms with E-state index in [9.17, 15) is 14.0 Å². The Labute approximate surface area is 117 Å². The highest BCUT2D eigenvalue weighted by Gasteiger charge is 2.52. The first-order valence-electron chi connectivity index (χ1n) is 7.09. The predicted octanol–water partition coefficient (Wildman–Crippen LogP) is 2.76. The monoisotopic (exact) mass is 275 g/mol. The summed E-state index contributed by atoms with van der Waals surface area (Å²) in [6.07, 6.45) is 3.10. The van der Waals surface area contributed by atoms with Gasteiger partial charge in [-0.15, -0.1) is 0 Å². The molecule has 3 unspecified atom stereocenters. The molecular weight excluding hydrogens is 257 g/mol. The van der Waals surface area contributed by atoms with E-state index in [1.807, 2.05) is 0 Å². The second kappa shape index (κ2) is 4.69. The highest BCUT2D eigenvalue weighted by Crippen LogP contribution is 2.54. The number of amides is 2. The standard InChI is InChI=1S/C16H18FNO2/c1-10-5-6-16(8-10)9-13(19)18-15(20)14(16)11-3-2-4-12(17)7-11/h2-4,7,10,14H,5-6,8-9H2,1H3,(H,18,19,20). The fourth-order valence-corrected chi connectivity index (χ4v) is 4.00. The number of piperidine rings is 1. The van der Waals surface area contributed by atoms with Gasteiger partial charge in [-0.3, -0.25) is 14.9 Å². The lowest BCUT2D eigenvalue weighted by atomic mass is 9.66. The molecule has 1 spiro atoms. The summed E-state index contributed by atoms with van der Waals surface area (Å²) in [6, 6.07) is 6.21. The molecule has 3 rings (SSSR count). The van der Waals surface area contributed by atoms with Crippen molar-refractivity contribution in [2.75, 3.05) is 0 Å². The fraction of sp³-hybridized carbons (Fsp3) is 0.500. The lowest BCUT2D eigenvalue weighted by Crippen LogP contribution is -2.49. The molecule has 1 aromatic rings. The second-order valence-electron chi connectivity index (χ2n) is 6.29. The van der Waals surface area contributed by atoms with Gasteiger partial charge < -0.3 is 0 Å². The number of carbonyl (C=O) groups excluding carboxylic acids is 2. The summed E-state index contributed by atoms with van der Waals surface area (Å²) < 4.78 is 13.5. The van der Waals surface area contributed by atoms with Crippen molar-refractivity contribution in [1.29, 1.82) is 0 Å². The highest BCUT2D eigenvalue weighted by molar-refractivity contribution is 6.02. The van der Waals surface area contributed by atoms with Crippen LogP contribution in [0.15, 0.2) is 24.3 Å². The summed E-state index contributed by atoms with van der Waals surface area (Å²) in [4.78, 5) is 24.1. The van der Waals surface area contributed by atoms with Crippen LogP contribution < -0.4 is 5.32 Å². The van der Waals surface area contributed by atoms with E-state index >= 15 is 0 Å². The van der Waals surface area contributed by atoms with Crippen molar-refractivity contribution in [3.8, 4) is 0 Å². The topological polar surface area (TPSA) is 46.2 Å². The second-order valence-corrected chi connectivity index (χ2v) is 6.29. The zero-order valence-electron chi connectivity index (χ0n) is 11.5. The Morgan fingerprint density at radius 3 is 2.80 bits per heavy atom. The Hall–Kier alpha value is -1.71. The number of benzene rings is 1. The number of rotatable bonds is 1. The minimum Gasteiger partial charge on any atom is -0.296 e. The minimum atomic E-state index is -0.416. The van der Waals surface area contributed by atoms with E-state index in [0.29, 0.717) is 17.9 Å². The average molecular weight is 275 g/mol. The van der Waals surface area contributed by atoms with E-state index in [1.165, 1.54) is 12.1 Å². The van der Waals surface area contributed by atoms with Gasteiger partial charge in [0.25, 0.3) is 0 Å². The molecule has 1 heterocycles. The third kappa shape index (κ3) is 2.13. The van der Waals surface area contributed by atoms with E-state index < -0.39 is 5.92 Å². The van der Waals surface area contributed by atoms with Crippen molar-refractivity contribution < 1.29 is 14.0 Å². The van der Waals surface area contributed by atoms with E-state index in [-0.39, 0.29) is 23.0 Å². The van der Waals surface area contributed by atoms with Crippen molar-refractivity contribution in [2.24, 2.45) is 11.3 Å². The molecule has 2 aliphatic rings. The third-order valence-corrected chi connectivity index (χ3v) is 4.72. The summed E-state index contributed by atoms with van der Waals surface area (Å²) in [6.45, 7) is 2.15. The quantitative estimate of drug-likeness (QED) is 0.801. The smallest absolute Gasteiger partial charge is 0.234 e. The number of hydrogen-bond acceptors (Lipinski definition) is 2. The lowest BCUT2D eigenvalue weighted by molar-refractivity contribution is -0.140. The average Bonchev–Trinajstić information content (AvgIpc) is 2.69. The molecule has 20 heavy (non-hydrogen) atoms. The molecule has 3 atom stereocenters. The number of imide groups is 1. The van der Waals surface area contributed by atoms with Gasteiger partial charge in [-0.2, -0.15) is 0 Å². The van der Waals surface area contributed by atoms with Crippen molar-refractivity contribution in [1.82, 2.24) is 5.32 Å². The van der Waals surface area contributed by atoms with Crippen LogP contribution in [0, 0.1) is 17.2 Å². The Morgan fingerprint density at radius 2 is 2.15 bits per heavy atom. The molecule has 106 valence electrons. The Balaban J connectivity index is 2.04. The van der Waals surface area contributed by atoms with Crippen molar-refractivity contribution in [3.05, 3.63) is 35.6 Å². The Morgan fingerprint density at radius 1 is 1.35 bits per heavy atom. The maximum atomic E-state index is 13.5. The molecular formula is C16H18FNO2. The number of carbonyl (C=O) groups is 2. The summed E-state index contributed by atoms with van der Waals surface area (Å²) in [7, 11) is 0. The summed E-state index contributed by atoms with van der Waals surface area (Å²) in [5.74, 6) is -0.725. The van der Waals surface area contributed by atoms with Crippen LogP contribution in [-0.2, 0) is 9.59 Å². The molecule has 1 aromatic carbocycles. The zero-order chi connectivity index (χ0) is 14.3. The van der Waals surface area contributed by atoms with Gasteiger partial charge in [0.1, 0.15) is 5.82 Å². The molecule has 1 N–H and O–H groups in total. The zero-order valence-corrected chi connectivity index (χ0v) is 11.5. The first-order chi connectivity index (χ1) is 9.50. The summed E-state index contributed by atoms with van der Waals surface area (Å²) in [5.41, 5.74) is 0.358. The Kier molecular flexibility index (Phi) is 3.11. The van der Waals surface area contributed by atoms with Crippen LogP contribution >= 0.6 is 0 Å². The van der Waals surface area contributed by atoms with Crippen molar-refractivity contribution in [2.45, 2.75) is 38.5 Å². The fourth-order valence-electron chi connectivity index (χ4n) is 4.00. The van der Waals surface area contributed by atoms with Gasteiger partial charge in [0.05, 0.1) is 5.92 Å². The molecule has 1 aliphatic heterocycles. The van der Waals surface area contributed by atoms with E-state index in [2.05, 4.69) is 12.2 Å². The largest absolute Gasteiger partial charge is 0.296 e. The molecule has 1 saturated heterocycles. The summed E-state index contributed by atoms with van der Waals surface area (Å²) >= 11 is 0. The van der Waals surface area contributed by atoms with Crippen molar-refractivity contribution >= 4 is 11.8 Å². The van der Waals surface area contributed by atoms with Gasteiger partial charge in [0.15, 0.2) is 0 Å². The van der Waals surface area contributed by atoms with Crippen LogP contribution in [0.1, 0.15) is 44.1 Å². The molecule has 2 fully saturated rings. The van der Waals surface area contributed by atoms with Gasteiger partial charge in [-0.05, 0) is 41.9 Å². The van der Waals surface area contributed by atoms with Gasteiger partial charge in [-0.1, -0.05) is 25.5 Å². The highest BCUT2D eigenvalue weighted by atomic mass is 19.1. The number of nitrogens with one attached hydrogen (secondary N) is 1. The molecule has 1 saturated carbocycles. The van der Waals surface area contributed by atoms with Crippen LogP contribution in [-0.4, -0.2) is 11.8 Å². The van der Waals surface area contributed by atoms with Gasteiger partial charge in [0, 0.05) is 6.42 Å². The van der Waals surface area contributed by atoms with Crippen LogP contribution in [0.25, 0.3) is 0 Å². The molecule has 4 heteroatoms. The van der Waals surface area contributed by atoms with Crippen LogP contribution in [0.4, 0.5) is 4.39 Å². The molecule has 2 amide bonds. The van der Waals surface area contributed by atoms with E-state index in [0.717, 1.165) is 19.3 Å². The Bertz CT molecular complexity index is 571. The van der Waals surface area contributed by atoms with Gasteiger partial charge >= 0.3 is 0 Å². The van der Waals surface area contributed by atoms with E-state index in [1.54, 1.807) is 12.1 Å². The lowest BCUT2D eigenvalue weighted by Gasteiger charge is -2.40. The first-order valence-corrected chi connectivity index (χ1v) is 7.09. The van der Waals surface area contributed by atoms with Crippen molar-refractivity contribution in [3.63, 3.8) is 0 Å². The SMILES string of the molecule is CC1CCC2(CC(=O)NC(=O)C2c2cccc(F)c2)C1. The molecule has 0 bridgehead atoms. The van der Waals surface area contributed by atoms with Crippen LogP contribution in [0.5, 0.6) is 0 Å². The van der Waals surface area contributed by atoms with Gasteiger partial charge in [-0.25, -0.2) is 4.39 Å². The predicted molar refractivity (Wildman–Crippen MR) is 72.4 cm³/mol. The summed E-state index contributed by atoms with van der Waals surface area (Å²) in [5, 5.41) is 2.41. The molecule has 3 nitrogen and oxygen atoms in total. The van der Waals surface area contributed by atoms with Crippen LogP contribution in [0.2, 0.25) is 0 Å². The first kappa shape index (κ1) is 13.3. The number of halogens is 1. The maximum Gasteiger partial charge on any atom is 0.234 e. The minimum absolute atomic E-state index is 0.197. The van der Waals surface area contributed by atoms with Crippen LogP contribution in [0.3, 0.4) is 0 Å². The molecule has 1 aliphatic carbocycles. The maximum absolute atomic E-state index is 13.5.